The van der Waals surface area contributed by atoms with Crippen LogP contribution in [-0.4, -0.2) is 30.2 Å². The third-order valence-corrected chi connectivity index (χ3v) is 2.08. The van der Waals surface area contributed by atoms with Crippen LogP contribution in [0.25, 0.3) is 0 Å². The summed E-state index contributed by atoms with van der Waals surface area (Å²) in [5, 5.41) is 11.6. The molecule has 0 saturated heterocycles. The Morgan fingerprint density at radius 2 is 2.27 bits per heavy atom. The number of aliphatic hydroxyl groups excluding tert-OH is 1. The van der Waals surface area contributed by atoms with Crippen molar-refractivity contribution in [3.63, 3.8) is 0 Å². The molecule has 0 aromatic carbocycles. The molecule has 0 fully saturated rings. The van der Waals surface area contributed by atoms with Crippen molar-refractivity contribution in [3.8, 4) is 0 Å². The van der Waals surface area contributed by atoms with Crippen molar-refractivity contribution in [2.24, 2.45) is 5.73 Å². The fourth-order valence-corrected chi connectivity index (χ4v) is 1.20. The van der Waals surface area contributed by atoms with E-state index in [0.717, 1.165) is 25.8 Å². The maximum absolute atomic E-state index is 11.0. The zero-order valence-corrected chi connectivity index (χ0v) is 9.41. The Kier molecular flexibility index (Phi) is 9.11. The largest absolute Gasteiger partial charge is 0.396 e. The summed E-state index contributed by atoms with van der Waals surface area (Å²) in [6, 6.07) is -0.409. The lowest BCUT2D eigenvalue weighted by Gasteiger charge is -2.10. The Morgan fingerprint density at radius 1 is 1.53 bits per heavy atom. The first-order valence-corrected chi connectivity index (χ1v) is 5.52. The van der Waals surface area contributed by atoms with E-state index in [0.29, 0.717) is 6.42 Å². The number of unbranched alkanes of at least 4 members (excludes halogenated alkanes) is 2. The van der Waals surface area contributed by atoms with Crippen molar-refractivity contribution in [1.82, 2.24) is 5.32 Å². The Balaban J connectivity index is 3.78. The summed E-state index contributed by atoms with van der Waals surface area (Å²) in [5.41, 5.74) is 5.22. The average molecular weight is 214 g/mol. The van der Waals surface area contributed by atoms with Crippen LogP contribution in [0.2, 0.25) is 0 Å². The minimum Gasteiger partial charge on any atom is -0.396 e. The van der Waals surface area contributed by atoms with E-state index in [2.05, 4.69) is 12.2 Å². The number of aliphatic hydroxyl groups is 1. The quantitative estimate of drug-likeness (QED) is 0.388. The van der Waals surface area contributed by atoms with Gasteiger partial charge >= 0.3 is 0 Å². The maximum Gasteiger partial charge on any atom is 0.238 e. The van der Waals surface area contributed by atoms with Crippen molar-refractivity contribution in [2.75, 3.05) is 13.2 Å². The third kappa shape index (κ3) is 8.15. The molecule has 1 unspecified atom stereocenters. The van der Waals surface area contributed by atoms with E-state index >= 15 is 0 Å². The monoisotopic (exact) mass is 214 g/mol. The number of hydrogen-bond donors (Lipinski definition) is 3. The molecule has 4 N–H and O–H groups in total. The van der Waals surface area contributed by atoms with E-state index in [-0.39, 0.29) is 12.5 Å². The molecule has 0 radical (unpaired) electrons. The third-order valence-electron chi connectivity index (χ3n) is 2.08. The number of hydrogen-bond acceptors (Lipinski definition) is 3. The fourth-order valence-electron chi connectivity index (χ4n) is 1.20. The lowest BCUT2D eigenvalue weighted by atomic mass is 10.2. The van der Waals surface area contributed by atoms with Crippen LogP contribution in [0.4, 0.5) is 0 Å². The lowest BCUT2D eigenvalue weighted by Crippen LogP contribution is -2.40. The minimum atomic E-state index is -0.409. The summed E-state index contributed by atoms with van der Waals surface area (Å²) in [6.07, 6.45) is 7.39. The number of nitrogens with one attached hydrogen (secondary N) is 1. The fraction of sp³-hybridized carbons (Fsp3) is 0.727. The predicted octanol–water partition coefficient (Wildman–Crippen LogP) is 0.559. The van der Waals surface area contributed by atoms with E-state index in [4.69, 9.17) is 10.8 Å². The van der Waals surface area contributed by atoms with Gasteiger partial charge in [-0.2, -0.15) is 0 Å². The van der Waals surface area contributed by atoms with Gasteiger partial charge in [-0.15, -0.1) is 0 Å². The normalized spacial score (nSPS) is 13.2. The summed E-state index contributed by atoms with van der Waals surface area (Å²) in [5.74, 6) is -0.374. The second kappa shape index (κ2) is 9.68. The number of carbonyl (C=O) groups excluding carboxylic acids is 1. The highest BCUT2D eigenvalue weighted by molar-refractivity contribution is 5.81. The van der Waals surface area contributed by atoms with Gasteiger partial charge in [0.1, 0.15) is 6.04 Å². The molecule has 0 heterocycles. The van der Waals surface area contributed by atoms with Crippen molar-refractivity contribution in [1.29, 1.82) is 0 Å². The molecule has 0 aliphatic carbocycles. The standard InChI is InChI=1S/C11H22N2O2/c1-2-3-5-8-13-10(11(12)15)7-4-6-9-14/h4,7,10,13-14H,2-3,5-6,8-9H2,1H3,(H2,12,15)/b7-4+. The Hall–Kier alpha value is -0.870. The summed E-state index contributed by atoms with van der Waals surface area (Å²) in [7, 11) is 0. The first-order valence-electron chi connectivity index (χ1n) is 5.52. The van der Waals surface area contributed by atoms with Crippen LogP contribution in [0.5, 0.6) is 0 Å². The zero-order chi connectivity index (χ0) is 11.5. The second-order valence-electron chi connectivity index (χ2n) is 3.48. The number of carbonyl (C=O) groups is 1. The van der Waals surface area contributed by atoms with E-state index in [9.17, 15) is 4.79 Å². The molecule has 1 amide bonds. The predicted molar refractivity (Wildman–Crippen MR) is 61.4 cm³/mol. The molecule has 15 heavy (non-hydrogen) atoms. The molecule has 0 aromatic rings. The van der Waals surface area contributed by atoms with Gasteiger partial charge in [0.25, 0.3) is 0 Å². The molecular weight excluding hydrogens is 192 g/mol. The average Bonchev–Trinajstić information content (AvgIpc) is 2.21. The van der Waals surface area contributed by atoms with Gasteiger partial charge in [0.15, 0.2) is 0 Å². The summed E-state index contributed by atoms with van der Waals surface area (Å²) < 4.78 is 0. The van der Waals surface area contributed by atoms with Crippen LogP contribution in [0.1, 0.15) is 32.6 Å². The van der Waals surface area contributed by atoms with E-state index in [1.54, 1.807) is 12.2 Å². The SMILES string of the molecule is CCCCCNC(/C=C/CCO)C(N)=O. The first-order chi connectivity index (χ1) is 7.22. The zero-order valence-electron chi connectivity index (χ0n) is 9.41. The smallest absolute Gasteiger partial charge is 0.238 e. The molecule has 0 spiro atoms. The molecule has 4 nitrogen and oxygen atoms in total. The van der Waals surface area contributed by atoms with Crippen molar-refractivity contribution < 1.29 is 9.90 Å². The van der Waals surface area contributed by atoms with Gasteiger partial charge in [-0.25, -0.2) is 0 Å². The van der Waals surface area contributed by atoms with Crippen LogP contribution >= 0.6 is 0 Å². The molecule has 0 saturated carbocycles. The summed E-state index contributed by atoms with van der Waals surface area (Å²) >= 11 is 0. The van der Waals surface area contributed by atoms with Crippen LogP contribution in [0.3, 0.4) is 0 Å². The molecule has 1 atom stereocenters. The van der Waals surface area contributed by atoms with Gasteiger partial charge in [-0.3, -0.25) is 4.79 Å². The number of amides is 1. The van der Waals surface area contributed by atoms with Gasteiger partial charge in [-0.1, -0.05) is 31.9 Å². The van der Waals surface area contributed by atoms with Crippen LogP contribution in [0, 0.1) is 0 Å². The molecule has 0 bridgehead atoms. The Labute approximate surface area is 91.5 Å². The number of nitrogens with two attached hydrogens (primary N) is 1. The lowest BCUT2D eigenvalue weighted by molar-refractivity contribution is -0.118. The summed E-state index contributed by atoms with van der Waals surface area (Å²) in [4.78, 5) is 11.0. The molecule has 0 rings (SSSR count). The molecule has 0 aliphatic rings. The summed E-state index contributed by atoms with van der Waals surface area (Å²) in [6.45, 7) is 3.02. The van der Waals surface area contributed by atoms with Crippen molar-refractivity contribution in [3.05, 3.63) is 12.2 Å². The Morgan fingerprint density at radius 3 is 2.80 bits per heavy atom. The molecule has 4 heteroatoms. The van der Waals surface area contributed by atoms with Gasteiger partial charge in [0.05, 0.1) is 0 Å². The van der Waals surface area contributed by atoms with Crippen LogP contribution in [-0.2, 0) is 4.79 Å². The van der Waals surface area contributed by atoms with Gasteiger partial charge in [0, 0.05) is 6.61 Å². The first kappa shape index (κ1) is 14.1. The van der Waals surface area contributed by atoms with Crippen LogP contribution in [0.15, 0.2) is 12.2 Å². The molecule has 0 aromatic heterocycles. The number of primary amides is 1. The van der Waals surface area contributed by atoms with Crippen molar-refractivity contribution in [2.45, 2.75) is 38.6 Å². The van der Waals surface area contributed by atoms with E-state index in [1.807, 2.05) is 0 Å². The van der Waals surface area contributed by atoms with Gasteiger partial charge in [0.2, 0.25) is 5.91 Å². The Bertz CT molecular complexity index is 193. The minimum absolute atomic E-state index is 0.0951. The van der Waals surface area contributed by atoms with Crippen molar-refractivity contribution >= 4 is 5.91 Å². The molecule has 0 aliphatic heterocycles. The van der Waals surface area contributed by atoms with Gasteiger partial charge in [-0.05, 0) is 19.4 Å². The van der Waals surface area contributed by atoms with Gasteiger partial charge < -0.3 is 16.2 Å². The van der Waals surface area contributed by atoms with Crippen LogP contribution < -0.4 is 11.1 Å². The maximum atomic E-state index is 11.0. The highest BCUT2D eigenvalue weighted by atomic mass is 16.2. The van der Waals surface area contributed by atoms with E-state index in [1.165, 1.54) is 0 Å². The van der Waals surface area contributed by atoms with E-state index < -0.39 is 6.04 Å². The number of rotatable bonds is 9. The topological polar surface area (TPSA) is 75.3 Å². The second-order valence-corrected chi connectivity index (χ2v) is 3.48. The highest BCUT2D eigenvalue weighted by Crippen LogP contribution is 1.94. The highest BCUT2D eigenvalue weighted by Gasteiger charge is 2.09. The molecular formula is C11H22N2O2. The molecule has 88 valence electrons.